The Morgan fingerprint density at radius 2 is 2.05 bits per heavy atom. The summed E-state index contributed by atoms with van der Waals surface area (Å²) >= 11 is 0. The lowest BCUT2D eigenvalue weighted by molar-refractivity contribution is 0.625. The van der Waals surface area contributed by atoms with Crippen molar-refractivity contribution in [2.75, 3.05) is 30.4 Å². The lowest BCUT2D eigenvalue weighted by Crippen LogP contribution is -2.21. The molecule has 0 bridgehead atoms. The van der Waals surface area contributed by atoms with E-state index in [9.17, 15) is 4.39 Å². The van der Waals surface area contributed by atoms with Gasteiger partial charge < -0.3 is 10.2 Å². The Labute approximate surface area is 119 Å². The second-order valence-electron chi connectivity index (χ2n) is 5.36. The van der Waals surface area contributed by atoms with E-state index in [4.69, 9.17) is 0 Å². The third-order valence-electron chi connectivity index (χ3n) is 4.00. The number of hydrogen-bond acceptors (Lipinski definition) is 2. The molecule has 0 spiro atoms. The predicted octanol–water partition coefficient (Wildman–Crippen LogP) is 3.86. The van der Waals surface area contributed by atoms with E-state index in [1.165, 1.54) is 17.3 Å². The normalized spacial score (nSPS) is 16.6. The van der Waals surface area contributed by atoms with E-state index >= 15 is 0 Å². The average Bonchev–Trinajstić information content (AvgIpc) is 2.88. The SMILES string of the molecule is CN(CCC1CNc2ccccc21)c1cccc(F)c1. The van der Waals surface area contributed by atoms with Crippen LogP contribution in [0.3, 0.4) is 0 Å². The standard InChI is InChI=1S/C17H19FN2/c1-20(15-6-4-5-14(18)11-15)10-9-13-12-19-17-8-3-2-7-16(13)17/h2-8,11,13,19H,9-10,12H2,1H3. The second-order valence-corrected chi connectivity index (χ2v) is 5.36. The van der Waals surface area contributed by atoms with Crippen LogP contribution in [0.15, 0.2) is 48.5 Å². The molecule has 0 saturated carbocycles. The van der Waals surface area contributed by atoms with Crippen molar-refractivity contribution >= 4 is 11.4 Å². The molecule has 0 aromatic heterocycles. The fourth-order valence-electron chi connectivity index (χ4n) is 2.81. The molecule has 0 radical (unpaired) electrons. The van der Waals surface area contributed by atoms with Crippen LogP contribution >= 0.6 is 0 Å². The van der Waals surface area contributed by atoms with Crippen molar-refractivity contribution in [3.63, 3.8) is 0 Å². The fraction of sp³-hybridized carbons (Fsp3) is 0.294. The lowest BCUT2D eigenvalue weighted by atomic mass is 9.98. The maximum atomic E-state index is 13.2. The lowest BCUT2D eigenvalue weighted by Gasteiger charge is -2.21. The monoisotopic (exact) mass is 270 g/mol. The van der Waals surface area contributed by atoms with Crippen LogP contribution in [0.2, 0.25) is 0 Å². The van der Waals surface area contributed by atoms with Crippen LogP contribution in [-0.4, -0.2) is 20.1 Å². The minimum atomic E-state index is -0.178. The largest absolute Gasteiger partial charge is 0.384 e. The van der Waals surface area contributed by atoms with Crippen molar-refractivity contribution in [1.29, 1.82) is 0 Å². The number of rotatable bonds is 4. The molecule has 3 rings (SSSR count). The Hall–Kier alpha value is -2.03. The van der Waals surface area contributed by atoms with Crippen LogP contribution < -0.4 is 10.2 Å². The molecular weight excluding hydrogens is 251 g/mol. The Morgan fingerprint density at radius 3 is 2.90 bits per heavy atom. The van der Waals surface area contributed by atoms with E-state index in [-0.39, 0.29) is 5.82 Å². The van der Waals surface area contributed by atoms with Gasteiger partial charge in [-0.1, -0.05) is 24.3 Å². The van der Waals surface area contributed by atoms with Crippen LogP contribution in [0.5, 0.6) is 0 Å². The van der Waals surface area contributed by atoms with Crippen LogP contribution in [0.4, 0.5) is 15.8 Å². The van der Waals surface area contributed by atoms with Gasteiger partial charge in [-0.15, -0.1) is 0 Å². The van der Waals surface area contributed by atoms with Crippen molar-refractivity contribution in [3.8, 4) is 0 Å². The number of benzene rings is 2. The highest BCUT2D eigenvalue weighted by Gasteiger charge is 2.21. The first kappa shape index (κ1) is 13.0. The predicted molar refractivity (Wildman–Crippen MR) is 82.0 cm³/mol. The van der Waals surface area contributed by atoms with Crippen molar-refractivity contribution < 1.29 is 4.39 Å². The smallest absolute Gasteiger partial charge is 0.125 e. The van der Waals surface area contributed by atoms with Gasteiger partial charge in [0, 0.05) is 37.4 Å². The van der Waals surface area contributed by atoms with Crippen molar-refractivity contribution in [2.45, 2.75) is 12.3 Å². The molecule has 1 heterocycles. The fourth-order valence-corrected chi connectivity index (χ4v) is 2.81. The summed E-state index contributed by atoms with van der Waals surface area (Å²) in [6, 6.07) is 15.3. The molecule has 20 heavy (non-hydrogen) atoms. The molecule has 0 fully saturated rings. The van der Waals surface area contributed by atoms with Crippen LogP contribution in [0.1, 0.15) is 17.9 Å². The first-order valence-corrected chi connectivity index (χ1v) is 7.03. The molecule has 1 unspecified atom stereocenters. The molecule has 1 atom stereocenters. The van der Waals surface area contributed by atoms with Crippen LogP contribution in [0.25, 0.3) is 0 Å². The molecule has 2 aromatic rings. The van der Waals surface area contributed by atoms with Gasteiger partial charge in [-0.05, 0) is 36.2 Å². The van der Waals surface area contributed by atoms with Crippen LogP contribution in [0, 0.1) is 5.82 Å². The number of halogens is 1. The third kappa shape index (κ3) is 2.62. The average molecular weight is 270 g/mol. The van der Waals surface area contributed by atoms with E-state index in [1.807, 2.05) is 13.1 Å². The number of nitrogens with one attached hydrogen (secondary N) is 1. The van der Waals surface area contributed by atoms with E-state index in [1.54, 1.807) is 12.1 Å². The molecule has 3 heteroatoms. The number of fused-ring (bicyclic) bond motifs is 1. The van der Waals surface area contributed by atoms with Gasteiger partial charge in [-0.3, -0.25) is 0 Å². The van der Waals surface area contributed by atoms with Crippen molar-refractivity contribution in [3.05, 3.63) is 59.9 Å². The Bertz CT molecular complexity index is 597. The van der Waals surface area contributed by atoms with E-state index in [2.05, 4.69) is 34.5 Å². The Kier molecular flexibility index (Phi) is 3.59. The van der Waals surface area contributed by atoms with Gasteiger partial charge in [-0.2, -0.15) is 0 Å². The molecule has 0 saturated heterocycles. The zero-order chi connectivity index (χ0) is 13.9. The summed E-state index contributed by atoms with van der Waals surface area (Å²) in [5, 5.41) is 3.44. The third-order valence-corrected chi connectivity index (χ3v) is 4.00. The van der Waals surface area contributed by atoms with Gasteiger partial charge in [0.2, 0.25) is 0 Å². The summed E-state index contributed by atoms with van der Waals surface area (Å²) in [7, 11) is 2.02. The minimum absolute atomic E-state index is 0.178. The number of nitrogens with zero attached hydrogens (tertiary/aromatic N) is 1. The van der Waals surface area contributed by atoms with Crippen molar-refractivity contribution in [1.82, 2.24) is 0 Å². The van der Waals surface area contributed by atoms with Gasteiger partial charge in [0.25, 0.3) is 0 Å². The summed E-state index contributed by atoms with van der Waals surface area (Å²) in [5.74, 6) is 0.365. The van der Waals surface area contributed by atoms with Crippen molar-refractivity contribution in [2.24, 2.45) is 0 Å². The quantitative estimate of drug-likeness (QED) is 0.907. The molecule has 1 aliphatic heterocycles. The highest BCUT2D eigenvalue weighted by Crippen LogP contribution is 2.33. The van der Waals surface area contributed by atoms with Gasteiger partial charge in [0.15, 0.2) is 0 Å². The minimum Gasteiger partial charge on any atom is -0.384 e. The highest BCUT2D eigenvalue weighted by molar-refractivity contribution is 5.57. The Morgan fingerprint density at radius 1 is 1.20 bits per heavy atom. The van der Waals surface area contributed by atoms with Gasteiger partial charge in [0.1, 0.15) is 5.82 Å². The zero-order valence-corrected chi connectivity index (χ0v) is 11.6. The summed E-state index contributed by atoms with van der Waals surface area (Å²) in [6.07, 6.45) is 1.07. The molecule has 1 N–H and O–H groups in total. The number of anilines is 2. The second kappa shape index (κ2) is 5.53. The van der Waals surface area contributed by atoms with E-state index in [0.29, 0.717) is 5.92 Å². The van der Waals surface area contributed by atoms with Gasteiger partial charge in [0.05, 0.1) is 0 Å². The summed E-state index contributed by atoms with van der Waals surface area (Å²) in [4.78, 5) is 2.12. The first-order chi connectivity index (χ1) is 9.74. The summed E-state index contributed by atoms with van der Waals surface area (Å²) < 4.78 is 13.2. The molecule has 2 nitrogen and oxygen atoms in total. The number of hydrogen-bond donors (Lipinski definition) is 1. The highest BCUT2D eigenvalue weighted by atomic mass is 19.1. The molecule has 0 amide bonds. The summed E-state index contributed by atoms with van der Waals surface area (Å²) in [6.45, 7) is 1.92. The topological polar surface area (TPSA) is 15.3 Å². The number of para-hydroxylation sites is 1. The Balaban J connectivity index is 1.63. The first-order valence-electron chi connectivity index (χ1n) is 7.03. The van der Waals surface area contributed by atoms with E-state index in [0.717, 1.165) is 25.2 Å². The van der Waals surface area contributed by atoms with E-state index < -0.39 is 0 Å². The molecule has 1 aliphatic rings. The summed E-state index contributed by atoms with van der Waals surface area (Å²) in [5.41, 5.74) is 3.59. The molecule has 2 aromatic carbocycles. The molecular formula is C17H19FN2. The zero-order valence-electron chi connectivity index (χ0n) is 11.6. The maximum absolute atomic E-state index is 13.2. The maximum Gasteiger partial charge on any atom is 0.125 e. The molecule has 104 valence electrons. The van der Waals surface area contributed by atoms with Crippen LogP contribution in [-0.2, 0) is 0 Å². The van der Waals surface area contributed by atoms with Gasteiger partial charge >= 0.3 is 0 Å². The van der Waals surface area contributed by atoms with Gasteiger partial charge in [-0.25, -0.2) is 4.39 Å². The molecule has 0 aliphatic carbocycles.